The molecule has 2 aliphatic rings. The minimum absolute atomic E-state index is 0.0273. The number of hydrogen-bond donors (Lipinski definition) is 1. The van der Waals surface area contributed by atoms with E-state index < -0.39 is 0 Å². The Kier molecular flexibility index (Phi) is 8.65. The van der Waals surface area contributed by atoms with Crippen molar-refractivity contribution >= 4 is 5.91 Å². The van der Waals surface area contributed by atoms with Crippen molar-refractivity contribution in [3.05, 3.63) is 59.2 Å². The van der Waals surface area contributed by atoms with E-state index in [1.807, 2.05) is 18.2 Å². The van der Waals surface area contributed by atoms with Gasteiger partial charge in [-0.15, -0.1) is 0 Å². The van der Waals surface area contributed by atoms with Crippen LogP contribution >= 0.6 is 0 Å². The molecule has 1 fully saturated rings. The van der Waals surface area contributed by atoms with Crippen LogP contribution in [0.4, 0.5) is 0 Å². The highest BCUT2D eigenvalue weighted by Crippen LogP contribution is 2.40. The van der Waals surface area contributed by atoms with Crippen LogP contribution in [0, 0.1) is 5.92 Å². The Bertz CT molecular complexity index is 982. The number of benzene rings is 2. The van der Waals surface area contributed by atoms with Crippen LogP contribution in [-0.2, 0) is 16.0 Å². The van der Waals surface area contributed by atoms with E-state index in [9.17, 15) is 4.79 Å². The number of rotatable bonds is 9. The fourth-order valence-electron chi connectivity index (χ4n) is 5.25. The lowest BCUT2D eigenvalue weighted by Crippen LogP contribution is -2.50. The van der Waals surface area contributed by atoms with Crippen molar-refractivity contribution in [2.24, 2.45) is 5.92 Å². The Morgan fingerprint density at radius 3 is 2.57 bits per heavy atom. The third kappa shape index (κ3) is 6.34. The van der Waals surface area contributed by atoms with Crippen LogP contribution in [0.2, 0.25) is 0 Å². The molecule has 0 radical (unpaired) electrons. The average molecular weight is 482 g/mol. The fourth-order valence-corrected chi connectivity index (χ4v) is 5.25. The molecule has 4 rings (SSSR count). The van der Waals surface area contributed by atoms with Crippen molar-refractivity contribution in [3.63, 3.8) is 0 Å². The maximum Gasteiger partial charge on any atom is 0.234 e. The summed E-state index contributed by atoms with van der Waals surface area (Å²) < 4.78 is 17.1. The molecule has 2 heterocycles. The summed E-state index contributed by atoms with van der Waals surface area (Å²) in [5.74, 6) is 2.10. The third-order valence-corrected chi connectivity index (χ3v) is 6.81. The number of nitrogens with zero attached hydrogens (tertiary/aromatic N) is 2. The van der Waals surface area contributed by atoms with Gasteiger partial charge in [0.05, 0.1) is 39.5 Å². The number of carbonyl (C=O) groups excluding carboxylic acids is 1. The van der Waals surface area contributed by atoms with Crippen LogP contribution < -0.4 is 14.8 Å². The van der Waals surface area contributed by atoms with Crippen LogP contribution in [0.1, 0.15) is 36.6 Å². The standard InChI is InChI=1S/C28H39N3O4/c1-20(2)17-30-12-13-35-23(18-30)16-29-27(32)19-31-11-10-22-14-25(33-3)26(34-4)15-24(22)28(31)21-8-6-5-7-9-21/h5-9,14-15,20,23,28H,10-13,16-19H2,1-4H3,(H,29,32)/t23-,28-/m1/s1. The predicted molar refractivity (Wildman–Crippen MR) is 137 cm³/mol. The maximum absolute atomic E-state index is 13.1. The van der Waals surface area contributed by atoms with Crippen molar-refractivity contribution in [1.82, 2.24) is 15.1 Å². The van der Waals surface area contributed by atoms with Crippen molar-refractivity contribution in [2.45, 2.75) is 32.4 Å². The highest BCUT2D eigenvalue weighted by Gasteiger charge is 2.32. The number of nitrogens with one attached hydrogen (secondary N) is 1. The number of ether oxygens (including phenoxy) is 3. The lowest BCUT2D eigenvalue weighted by Gasteiger charge is -2.38. The molecule has 1 N–H and O–H groups in total. The lowest BCUT2D eigenvalue weighted by molar-refractivity contribution is -0.124. The van der Waals surface area contributed by atoms with Gasteiger partial charge in [0.2, 0.25) is 5.91 Å². The summed E-state index contributed by atoms with van der Waals surface area (Å²) in [4.78, 5) is 17.7. The van der Waals surface area contributed by atoms with Gasteiger partial charge in [-0.25, -0.2) is 0 Å². The van der Waals surface area contributed by atoms with Crippen LogP contribution in [0.5, 0.6) is 11.5 Å². The maximum atomic E-state index is 13.1. The Morgan fingerprint density at radius 2 is 1.86 bits per heavy atom. The van der Waals surface area contributed by atoms with Crippen LogP contribution in [0.15, 0.2) is 42.5 Å². The summed E-state index contributed by atoms with van der Waals surface area (Å²) in [5.41, 5.74) is 3.55. The summed E-state index contributed by atoms with van der Waals surface area (Å²) in [6, 6.07) is 14.5. The zero-order valence-electron chi connectivity index (χ0n) is 21.5. The molecule has 35 heavy (non-hydrogen) atoms. The van der Waals surface area contributed by atoms with Gasteiger partial charge in [0.15, 0.2) is 11.5 Å². The molecule has 7 nitrogen and oxygen atoms in total. The Morgan fingerprint density at radius 1 is 1.11 bits per heavy atom. The van der Waals surface area contributed by atoms with Crippen LogP contribution in [0.3, 0.4) is 0 Å². The quantitative estimate of drug-likeness (QED) is 0.594. The molecule has 1 amide bonds. The number of morpholine rings is 1. The first-order chi connectivity index (χ1) is 17.0. The number of hydrogen-bond acceptors (Lipinski definition) is 6. The third-order valence-electron chi connectivity index (χ3n) is 6.81. The zero-order valence-corrected chi connectivity index (χ0v) is 21.5. The van der Waals surface area contributed by atoms with Crippen molar-refractivity contribution < 1.29 is 19.0 Å². The summed E-state index contributed by atoms with van der Waals surface area (Å²) in [5, 5.41) is 3.13. The SMILES string of the molecule is COc1cc2c(cc1OC)[C@@H](c1ccccc1)N(CC(=O)NC[C@@H]1CN(CC(C)C)CCO1)CC2. The van der Waals surface area contributed by atoms with E-state index >= 15 is 0 Å². The summed E-state index contributed by atoms with van der Waals surface area (Å²) in [6.07, 6.45) is 0.887. The normalized spacial score (nSPS) is 20.9. The Balaban J connectivity index is 1.46. The molecule has 2 atom stereocenters. The second-order valence-electron chi connectivity index (χ2n) is 9.89. The smallest absolute Gasteiger partial charge is 0.234 e. The summed E-state index contributed by atoms with van der Waals surface area (Å²) >= 11 is 0. The Hall–Kier alpha value is -2.61. The van der Waals surface area contributed by atoms with Gasteiger partial charge < -0.3 is 19.5 Å². The van der Waals surface area contributed by atoms with Gasteiger partial charge in [-0.3, -0.25) is 14.6 Å². The molecule has 2 aromatic rings. The largest absolute Gasteiger partial charge is 0.493 e. The first-order valence-electron chi connectivity index (χ1n) is 12.6. The van der Waals surface area contributed by atoms with E-state index in [0.717, 1.165) is 56.1 Å². The molecular formula is C28H39N3O4. The first kappa shape index (κ1) is 25.5. The van der Waals surface area contributed by atoms with E-state index in [1.54, 1.807) is 14.2 Å². The summed E-state index contributed by atoms with van der Waals surface area (Å²) in [7, 11) is 3.32. The topological polar surface area (TPSA) is 63.3 Å². The molecule has 2 aromatic carbocycles. The molecule has 2 aliphatic heterocycles. The van der Waals surface area contributed by atoms with Gasteiger partial charge in [-0.2, -0.15) is 0 Å². The number of fused-ring (bicyclic) bond motifs is 1. The molecule has 0 aromatic heterocycles. The molecule has 7 heteroatoms. The molecular weight excluding hydrogens is 442 g/mol. The van der Waals surface area contributed by atoms with Gasteiger partial charge in [0.1, 0.15) is 0 Å². The predicted octanol–water partition coefficient (Wildman–Crippen LogP) is 3.12. The van der Waals surface area contributed by atoms with Crippen LogP contribution in [0.25, 0.3) is 0 Å². The van der Waals surface area contributed by atoms with E-state index in [2.05, 4.69) is 53.2 Å². The van der Waals surface area contributed by atoms with E-state index in [0.29, 0.717) is 24.8 Å². The highest BCUT2D eigenvalue weighted by atomic mass is 16.5. The second kappa shape index (κ2) is 11.9. The zero-order chi connectivity index (χ0) is 24.8. The highest BCUT2D eigenvalue weighted by molar-refractivity contribution is 5.78. The number of carbonyl (C=O) groups is 1. The van der Waals surface area contributed by atoms with Gasteiger partial charge in [-0.1, -0.05) is 44.2 Å². The van der Waals surface area contributed by atoms with E-state index in [4.69, 9.17) is 14.2 Å². The fraction of sp³-hybridized carbons (Fsp3) is 0.536. The van der Waals surface area contributed by atoms with Crippen molar-refractivity contribution in [2.75, 3.05) is 60.1 Å². The molecule has 0 spiro atoms. The Labute approximate surface area is 209 Å². The molecule has 0 unspecified atom stereocenters. The average Bonchev–Trinajstić information content (AvgIpc) is 2.87. The monoisotopic (exact) mass is 481 g/mol. The van der Waals surface area contributed by atoms with Gasteiger partial charge in [-0.05, 0) is 41.2 Å². The number of amides is 1. The minimum Gasteiger partial charge on any atom is -0.493 e. The molecule has 1 saturated heterocycles. The molecule has 0 bridgehead atoms. The molecule has 0 saturated carbocycles. The van der Waals surface area contributed by atoms with Gasteiger partial charge in [0.25, 0.3) is 0 Å². The second-order valence-corrected chi connectivity index (χ2v) is 9.89. The van der Waals surface area contributed by atoms with Crippen molar-refractivity contribution in [3.8, 4) is 11.5 Å². The number of methoxy groups -OCH3 is 2. The first-order valence-corrected chi connectivity index (χ1v) is 12.6. The lowest BCUT2D eigenvalue weighted by atomic mass is 9.87. The van der Waals surface area contributed by atoms with Gasteiger partial charge in [0, 0.05) is 32.7 Å². The molecule has 0 aliphatic carbocycles. The van der Waals surface area contributed by atoms with Gasteiger partial charge >= 0.3 is 0 Å². The van der Waals surface area contributed by atoms with E-state index in [-0.39, 0.29) is 18.1 Å². The van der Waals surface area contributed by atoms with Crippen LogP contribution in [-0.4, -0.2) is 81.9 Å². The summed E-state index contributed by atoms with van der Waals surface area (Å²) in [6.45, 7) is 9.74. The minimum atomic E-state index is -0.0297. The molecule has 190 valence electrons. The van der Waals surface area contributed by atoms with Crippen molar-refractivity contribution in [1.29, 1.82) is 0 Å². The van der Waals surface area contributed by atoms with E-state index in [1.165, 1.54) is 5.56 Å².